The van der Waals surface area contributed by atoms with Gasteiger partial charge in [-0.25, -0.2) is 0 Å². The lowest BCUT2D eigenvalue weighted by Crippen LogP contribution is -2.01. The number of benzene rings is 1. The topological polar surface area (TPSA) is 41.5 Å². The molecule has 0 unspecified atom stereocenters. The van der Waals surface area contributed by atoms with Crippen LogP contribution >= 0.6 is 0 Å². The summed E-state index contributed by atoms with van der Waals surface area (Å²) < 4.78 is 5.18. The van der Waals surface area contributed by atoms with Gasteiger partial charge in [0.15, 0.2) is 0 Å². The van der Waals surface area contributed by atoms with Crippen LogP contribution in [0.3, 0.4) is 0 Å². The number of anilines is 1. The summed E-state index contributed by atoms with van der Waals surface area (Å²) in [6.07, 6.45) is 0. The van der Waals surface area contributed by atoms with E-state index in [0.717, 1.165) is 11.4 Å². The maximum absolute atomic E-state index is 8.49. The van der Waals surface area contributed by atoms with Gasteiger partial charge in [-0.3, -0.25) is 0 Å². The summed E-state index contributed by atoms with van der Waals surface area (Å²) in [5, 5.41) is 11.5. The van der Waals surface area contributed by atoms with Crippen molar-refractivity contribution in [3.8, 4) is 5.75 Å². The fourth-order valence-electron chi connectivity index (χ4n) is 0.881. The largest absolute Gasteiger partial charge is 0.491 e. The van der Waals surface area contributed by atoms with Crippen molar-refractivity contribution < 1.29 is 9.84 Å². The molecule has 2 N–H and O–H groups in total. The van der Waals surface area contributed by atoms with Crippen LogP contribution in [0, 0.1) is 0 Å². The Morgan fingerprint density at radius 1 is 1.33 bits per heavy atom. The summed E-state index contributed by atoms with van der Waals surface area (Å²) >= 11 is 0. The van der Waals surface area contributed by atoms with E-state index in [-0.39, 0.29) is 6.61 Å². The van der Waals surface area contributed by atoms with Gasteiger partial charge in [-0.2, -0.15) is 0 Å². The maximum atomic E-state index is 8.49. The van der Waals surface area contributed by atoms with Crippen LogP contribution in [0.5, 0.6) is 5.75 Å². The third-order valence-corrected chi connectivity index (χ3v) is 1.50. The van der Waals surface area contributed by atoms with Crippen LogP contribution in [0.15, 0.2) is 24.3 Å². The molecule has 0 aliphatic rings. The molecule has 3 heteroatoms. The molecule has 0 fully saturated rings. The summed E-state index contributed by atoms with van der Waals surface area (Å²) in [7, 11) is 1.86. The van der Waals surface area contributed by atoms with Crippen molar-refractivity contribution in [3.63, 3.8) is 0 Å². The molecule has 0 heterocycles. The minimum atomic E-state index is 0.0494. The first-order chi connectivity index (χ1) is 5.86. The number of ether oxygens (including phenoxy) is 1. The van der Waals surface area contributed by atoms with Crippen LogP contribution in [-0.2, 0) is 0 Å². The zero-order chi connectivity index (χ0) is 8.81. The van der Waals surface area contributed by atoms with E-state index in [4.69, 9.17) is 9.84 Å². The van der Waals surface area contributed by atoms with Crippen molar-refractivity contribution in [3.05, 3.63) is 24.3 Å². The normalized spacial score (nSPS) is 9.50. The molecule has 0 saturated heterocycles. The molecule has 0 aliphatic heterocycles. The second-order valence-corrected chi connectivity index (χ2v) is 2.35. The fraction of sp³-hybridized carbons (Fsp3) is 0.333. The van der Waals surface area contributed by atoms with E-state index in [1.54, 1.807) is 0 Å². The number of aliphatic hydroxyl groups is 1. The Kier molecular flexibility index (Phi) is 3.41. The predicted molar refractivity (Wildman–Crippen MR) is 48.6 cm³/mol. The van der Waals surface area contributed by atoms with Crippen LogP contribution in [0.1, 0.15) is 0 Å². The summed E-state index contributed by atoms with van der Waals surface area (Å²) in [6, 6.07) is 7.57. The molecule has 1 aromatic carbocycles. The predicted octanol–water partition coefficient (Wildman–Crippen LogP) is 1.10. The number of hydrogen-bond donors (Lipinski definition) is 2. The Morgan fingerprint density at radius 3 is 2.50 bits per heavy atom. The lowest BCUT2D eigenvalue weighted by molar-refractivity contribution is 0.201. The molecule has 12 heavy (non-hydrogen) atoms. The van der Waals surface area contributed by atoms with E-state index in [1.807, 2.05) is 31.3 Å². The lowest BCUT2D eigenvalue weighted by Gasteiger charge is -2.04. The van der Waals surface area contributed by atoms with Crippen molar-refractivity contribution in [2.75, 3.05) is 25.6 Å². The van der Waals surface area contributed by atoms with E-state index < -0.39 is 0 Å². The SMILES string of the molecule is CNc1ccc(OCCO)cc1. The first-order valence-corrected chi connectivity index (χ1v) is 3.88. The third kappa shape index (κ3) is 2.43. The van der Waals surface area contributed by atoms with Crippen molar-refractivity contribution in [1.29, 1.82) is 0 Å². The molecule has 1 aromatic rings. The minimum Gasteiger partial charge on any atom is -0.491 e. The molecule has 0 aliphatic carbocycles. The molecule has 0 bridgehead atoms. The van der Waals surface area contributed by atoms with E-state index in [9.17, 15) is 0 Å². The third-order valence-electron chi connectivity index (χ3n) is 1.50. The van der Waals surface area contributed by atoms with Gasteiger partial charge in [0.2, 0.25) is 0 Å². The molecule has 1 rings (SSSR count). The molecule has 0 radical (unpaired) electrons. The summed E-state index contributed by atoms with van der Waals surface area (Å²) in [4.78, 5) is 0. The second kappa shape index (κ2) is 4.62. The molecule has 0 saturated carbocycles. The molecular formula is C9H13NO2. The zero-order valence-electron chi connectivity index (χ0n) is 7.08. The van der Waals surface area contributed by atoms with Crippen LogP contribution in [0.25, 0.3) is 0 Å². The number of rotatable bonds is 4. The van der Waals surface area contributed by atoms with Crippen molar-refractivity contribution in [2.24, 2.45) is 0 Å². The molecule has 0 spiro atoms. The van der Waals surface area contributed by atoms with Gasteiger partial charge in [0.1, 0.15) is 12.4 Å². The van der Waals surface area contributed by atoms with Crippen molar-refractivity contribution >= 4 is 5.69 Å². The Bertz CT molecular complexity index is 220. The summed E-state index contributed by atoms with van der Waals surface area (Å²) in [5.41, 5.74) is 1.05. The zero-order valence-corrected chi connectivity index (χ0v) is 7.08. The Balaban J connectivity index is 2.53. The number of nitrogens with one attached hydrogen (secondary N) is 1. The highest BCUT2D eigenvalue weighted by atomic mass is 16.5. The first kappa shape index (κ1) is 8.87. The lowest BCUT2D eigenvalue weighted by atomic mass is 10.3. The van der Waals surface area contributed by atoms with Gasteiger partial charge in [0.05, 0.1) is 6.61 Å². The fourth-order valence-corrected chi connectivity index (χ4v) is 0.881. The maximum Gasteiger partial charge on any atom is 0.119 e. The van der Waals surface area contributed by atoms with E-state index in [2.05, 4.69) is 5.32 Å². The van der Waals surface area contributed by atoms with Crippen LogP contribution in [-0.4, -0.2) is 25.4 Å². The molecular weight excluding hydrogens is 154 g/mol. The van der Waals surface area contributed by atoms with Crippen molar-refractivity contribution in [2.45, 2.75) is 0 Å². The van der Waals surface area contributed by atoms with Crippen LogP contribution < -0.4 is 10.1 Å². The number of aliphatic hydroxyl groups excluding tert-OH is 1. The highest BCUT2D eigenvalue weighted by Gasteiger charge is 1.91. The smallest absolute Gasteiger partial charge is 0.119 e. The Morgan fingerprint density at radius 2 is 2.00 bits per heavy atom. The number of hydrogen-bond acceptors (Lipinski definition) is 3. The van der Waals surface area contributed by atoms with Gasteiger partial charge in [-0.1, -0.05) is 0 Å². The van der Waals surface area contributed by atoms with Gasteiger partial charge in [-0.15, -0.1) is 0 Å². The van der Waals surface area contributed by atoms with Gasteiger partial charge in [0, 0.05) is 12.7 Å². The van der Waals surface area contributed by atoms with Crippen LogP contribution in [0.2, 0.25) is 0 Å². The van der Waals surface area contributed by atoms with Gasteiger partial charge < -0.3 is 15.2 Å². The monoisotopic (exact) mass is 167 g/mol. The molecule has 0 aromatic heterocycles. The average Bonchev–Trinajstić information content (AvgIpc) is 2.15. The van der Waals surface area contributed by atoms with Crippen LogP contribution in [0.4, 0.5) is 5.69 Å². The molecule has 66 valence electrons. The average molecular weight is 167 g/mol. The van der Waals surface area contributed by atoms with E-state index in [1.165, 1.54) is 0 Å². The molecule has 0 amide bonds. The highest BCUT2D eigenvalue weighted by molar-refractivity contribution is 5.45. The van der Waals surface area contributed by atoms with E-state index in [0.29, 0.717) is 6.61 Å². The summed E-state index contributed by atoms with van der Waals surface area (Å²) in [5.74, 6) is 0.781. The Hall–Kier alpha value is -1.22. The van der Waals surface area contributed by atoms with Crippen molar-refractivity contribution in [1.82, 2.24) is 0 Å². The molecule has 0 atom stereocenters. The molecule has 3 nitrogen and oxygen atoms in total. The first-order valence-electron chi connectivity index (χ1n) is 3.88. The standard InChI is InChI=1S/C9H13NO2/c1-10-8-2-4-9(5-3-8)12-7-6-11/h2-5,10-11H,6-7H2,1H3. The quantitative estimate of drug-likeness (QED) is 0.705. The highest BCUT2D eigenvalue weighted by Crippen LogP contribution is 2.14. The van der Waals surface area contributed by atoms with Gasteiger partial charge >= 0.3 is 0 Å². The minimum absolute atomic E-state index is 0.0494. The van der Waals surface area contributed by atoms with E-state index >= 15 is 0 Å². The van der Waals surface area contributed by atoms with Gasteiger partial charge in [-0.05, 0) is 24.3 Å². The summed E-state index contributed by atoms with van der Waals surface area (Å²) in [6.45, 7) is 0.396. The van der Waals surface area contributed by atoms with Gasteiger partial charge in [0.25, 0.3) is 0 Å². The Labute approximate surface area is 72.0 Å². The second-order valence-electron chi connectivity index (χ2n) is 2.35.